The molecular weight excluding hydrogens is 538 g/mol. The van der Waals surface area contributed by atoms with Crippen LogP contribution in [0.5, 0.6) is 11.5 Å². The van der Waals surface area contributed by atoms with E-state index in [-0.39, 0.29) is 17.6 Å². The van der Waals surface area contributed by atoms with Gasteiger partial charge >= 0.3 is 11.9 Å². The number of nitriles is 1. The Morgan fingerprint density at radius 2 is 1.30 bits per heavy atom. The van der Waals surface area contributed by atoms with E-state index in [2.05, 4.69) is 19.9 Å². The Hall–Kier alpha value is -4.11. The molecule has 0 heterocycles. The lowest BCUT2D eigenvalue weighted by atomic mass is 10.0. The number of benzene rings is 3. The summed E-state index contributed by atoms with van der Waals surface area (Å²) in [5.41, 5.74) is 2.96. The number of esters is 2. The maximum Gasteiger partial charge on any atom is 0.343 e. The van der Waals surface area contributed by atoms with Crippen LogP contribution in [0.3, 0.4) is 0 Å². The standard InChI is InChI=1S/C37H45NO5/c1-4-6-8-10-11-13-25-41-36(39)31-17-15-29(16-18-31)30-19-22-34(23-20-30)43-37(40)32-21-24-35(33(26-32)27-38)42-28(3)14-12-9-7-5-2/h15-24,26,28H,4-14,25H2,1-3H3. The molecule has 43 heavy (non-hydrogen) atoms. The summed E-state index contributed by atoms with van der Waals surface area (Å²) in [5, 5.41) is 9.63. The third kappa shape index (κ3) is 11.2. The molecule has 1 unspecified atom stereocenters. The average Bonchev–Trinajstić information content (AvgIpc) is 3.03. The highest BCUT2D eigenvalue weighted by Gasteiger charge is 2.15. The zero-order valence-corrected chi connectivity index (χ0v) is 25.9. The van der Waals surface area contributed by atoms with Gasteiger partial charge in [-0.2, -0.15) is 5.26 Å². The summed E-state index contributed by atoms with van der Waals surface area (Å²) in [5.74, 6) is 0.0114. The van der Waals surface area contributed by atoms with Gasteiger partial charge in [-0.1, -0.05) is 89.5 Å². The lowest BCUT2D eigenvalue weighted by molar-refractivity contribution is 0.0497. The minimum atomic E-state index is -0.549. The second kappa shape index (κ2) is 18.4. The van der Waals surface area contributed by atoms with E-state index in [1.807, 2.05) is 31.2 Å². The van der Waals surface area contributed by atoms with Crippen LogP contribution in [-0.2, 0) is 4.74 Å². The molecule has 3 aromatic carbocycles. The predicted octanol–water partition coefficient (Wildman–Crippen LogP) is 9.70. The Morgan fingerprint density at radius 1 is 0.721 bits per heavy atom. The van der Waals surface area contributed by atoms with Crippen LogP contribution >= 0.6 is 0 Å². The van der Waals surface area contributed by atoms with Gasteiger partial charge in [0.15, 0.2) is 0 Å². The van der Waals surface area contributed by atoms with E-state index >= 15 is 0 Å². The molecule has 0 N–H and O–H groups in total. The number of carbonyl (C=O) groups is 2. The van der Waals surface area contributed by atoms with Gasteiger partial charge in [0, 0.05) is 0 Å². The molecule has 6 nitrogen and oxygen atoms in total. The fourth-order valence-electron chi connectivity index (χ4n) is 4.79. The summed E-state index contributed by atoms with van der Waals surface area (Å²) < 4.78 is 17.0. The van der Waals surface area contributed by atoms with Crippen molar-refractivity contribution >= 4 is 11.9 Å². The van der Waals surface area contributed by atoms with Gasteiger partial charge in [-0.3, -0.25) is 0 Å². The molecule has 0 aliphatic heterocycles. The van der Waals surface area contributed by atoms with Gasteiger partial charge in [0.25, 0.3) is 0 Å². The molecule has 0 aromatic heterocycles. The third-order valence-corrected chi connectivity index (χ3v) is 7.38. The lowest BCUT2D eigenvalue weighted by Crippen LogP contribution is -2.13. The van der Waals surface area contributed by atoms with Crippen molar-refractivity contribution in [2.24, 2.45) is 0 Å². The predicted molar refractivity (Wildman–Crippen MR) is 171 cm³/mol. The molecule has 0 saturated heterocycles. The van der Waals surface area contributed by atoms with Crippen LogP contribution < -0.4 is 9.47 Å². The summed E-state index contributed by atoms with van der Waals surface area (Å²) in [7, 11) is 0. The molecule has 6 heteroatoms. The molecule has 1 atom stereocenters. The molecule has 0 amide bonds. The van der Waals surface area contributed by atoms with Crippen molar-refractivity contribution in [3.05, 3.63) is 83.4 Å². The van der Waals surface area contributed by atoms with E-state index in [0.717, 1.165) is 36.8 Å². The first-order valence-corrected chi connectivity index (χ1v) is 15.8. The molecule has 0 fully saturated rings. The molecule has 0 bridgehead atoms. The van der Waals surface area contributed by atoms with Crippen molar-refractivity contribution in [3.63, 3.8) is 0 Å². The van der Waals surface area contributed by atoms with Crippen molar-refractivity contribution in [2.75, 3.05) is 6.61 Å². The molecular formula is C37H45NO5. The Morgan fingerprint density at radius 3 is 1.95 bits per heavy atom. The number of carbonyl (C=O) groups excluding carboxylic acids is 2. The SMILES string of the molecule is CCCCCCCCOC(=O)c1ccc(-c2ccc(OC(=O)c3ccc(OC(C)CCCCCC)c(C#N)c3)cc2)cc1. The number of ether oxygens (including phenoxy) is 3. The van der Waals surface area contributed by atoms with Crippen LogP contribution in [0.25, 0.3) is 11.1 Å². The van der Waals surface area contributed by atoms with Crippen molar-refractivity contribution in [2.45, 2.75) is 97.5 Å². The Balaban J connectivity index is 1.51. The van der Waals surface area contributed by atoms with Crippen LogP contribution in [0, 0.1) is 11.3 Å². The minimum absolute atomic E-state index is 0.0137. The van der Waals surface area contributed by atoms with Crippen LogP contribution in [0.1, 0.15) is 118 Å². The average molecular weight is 584 g/mol. The maximum absolute atomic E-state index is 12.8. The van der Waals surface area contributed by atoms with Crippen molar-refractivity contribution in [1.29, 1.82) is 5.26 Å². The van der Waals surface area contributed by atoms with E-state index < -0.39 is 5.97 Å². The highest BCUT2D eigenvalue weighted by Crippen LogP contribution is 2.26. The van der Waals surface area contributed by atoms with Gasteiger partial charge in [-0.05, 0) is 79.8 Å². The Labute approximate surface area is 257 Å². The summed E-state index contributed by atoms with van der Waals surface area (Å²) >= 11 is 0. The quantitative estimate of drug-likeness (QED) is 0.0842. The second-order valence-electron chi connectivity index (χ2n) is 11.0. The monoisotopic (exact) mass is 583 g/mol. The van der Waals surface area contributed by atoms with Crippen LogP contribution in [0.4, 0.5) is 0 Å². The van der Waals surface area contributed by atoms with E-state index in [4.69, 9.17) is 14.2 Å². The highest BCUT2D eigenvalue weighted by molar-refractivity contribution is 5.92. The first kappa shape index (κ1) is 33.4. The molecule has 3 rings (SSSR count). The zero-order chi connectivity index (χ0) is 30.9. The molecule has 0 spiro atoms. The number of unbranched alkanes of at least 4 members (excludes halogenated alkanes) is 8. The lowest BCUT2D eigenvalue weighted by Gasteiger charge is -2.16. The largest absolute Gasteiger partial charge is 0.489 e. The van der Waals surface area contributed by atoms with Crippen LogP contribution in [-0.4, -0.2) is 24.6 Å². The second-order valence-corrected chi connectivity index (χ2v) is 11.0. The minimum Gasteiger partial charge on any atom is -0.489 e. The highest BCUT2D eigenvalue weighted by atomic mass is 16.5. The van der Waals surface area contributed by atoms with Crippen molar-refractivity contribution < 1.29 is 23.8 Å². The maximum atomic E-state index is 12.8. The summed E-state index contributed by atoms with van der Waals surface area (Å²) in [6.45, 7) is 6.82. The molecule has 0 aliphatic rings. The topological polar surface area (TPSA) is 85.6 Å². The number of nitrogens with zero attached hydrogens (tertiary/aromatic N) is 1. The van der Waals surface area contributed by atoms with Gasteiger partial charge in [0.05, 0.1) is 29.4 Å². The van der Waals surface area contributed by atoms with Gasteiger partial charge in [-0.25, -0.2) is 9.59 Å². The number of rotatable bonds is 18. The van der Waals surface area contributed by atoms with Crippen molar-refractivity contribution in [3.8, 4) is 28.7 Å². The fourth-order valence-corrected chi connectivity index (χ4v) is 4.79. The van der Waals surface area contributed by atoms with Gasteiger partial charge < -0.3 is 14.2 Å². The van der Waals surface area contributed by atoms with E-state index in [1.54, 1.807) is 36.4 Å². The summed E-state index contributed by atoms with van der Waals surface area (Å²) in [4.78, 5) is 25.2. The Bertz CT molecular complexity index is 1320. The zero-order valence-electron chi connectivity index (χ0n) is 25.9. The smallest absolute Gasteiger partial charge is 0.343 e. The first-order chi connectivity index (χ1) is 20.9. The number of hydrogen-bond acceptors (Lipinski definition) is 6. The normalized spacial score (nSPS) is 11.4. The summed E-state index contributed by atoms with van der Waals surface area (Å²) in [6, 6.07) is 21.4. The van der Waals surface area contributed by atoms with E-state index in [0.29, 0.717) is 29.2 Å². The van der Waals surface area contributed by atoms with Gasteiger partial charge in [0.1, 0.15) is 17.6 Å². The molecule has 3 aromatic rings. The molecule has 0 saturated carbocycles. The van der Waals surface area contributed by atoms with E-state index in [1.165, 1.54) is 51.0 Å². The Kier molecular flexibility index (Phi) is 14.3. The molecule has 0 radical (unpaired) electrons. The summed E-state index contributed by atoms with van der Waals surface area (Å²) in [6.07, 6.45) is 12.4. The van der Waals surface area contributed by atoms with Gasteiger partial charge in [-0.15, -0.1) is 0 Å². The molecule has 0 aliphatic carbocycles. The van der Waals surface area contributed by atoms with Gasteiger partial charge in [0.2, 0.25) is 0 Å². The fraction of sp³-hybridized carbons (Fsp3) is 0.432. The van der Waals surface area contributed by atoms with Crippen molar-refractivity contribution in [1.82, 2.24) is 0 Å². The first-order valence-electron chi connectivity index (χ1n) is 15.8. The van der Waals surface area contributed by atoms with Crippen LogP contribution in [0.2, 0.25) is 0 Å². The molecule has 228 valence electrons. The third-order valence-electron chi connectivity index (χ3n) is 7.38. The number of hydrogen-bond donors (Lipinski definition) is 0. The van der Waals surface area contributed by atoms with Crippen LogP contribution in [0.15, 0.2) is 66.7 Å². The van der Waals surface area contributed by atoms with E-state index in [9.17, 15) is 14.9 Å².